The van der Waals surface area contributed by atoms with Gasteiger partial charge in [-0.1, -0.05) is 5.16 Å². The molecule has 0 aromatic heterocycles. The second kappa shape index (κ2) is 5.95. The number of carbonyl (C=O) groups is 2. The summed E-state index contributed by atoms with van der Waals surface area (Å²) in [7, 11) is 2.34. The molecule has 0 aliphatic heterocycles. The molecule has 0 fully saturated rings. The fraction of sp³-hybridized carbons (Fsp3) is 0.625. The minimum atomic E-state index is -1.07. The Morgan fingerprint density at radius 2 is 1.71 bits per heavy atom. The van der Waals surface area contributed by atoms with Gasteiger partial charge in [-0.05, 0) is 6.92 Å². The Labute approximate surface area is 81.5 Å². The summed E-state index contributed by atoms with van der Waals surface area (Å²) in [5.74, 6) is -2.49. The van der Waals surface area contributed by atoms with E-state index in [9.17, 15) is 9.59 Å². The molecule has 0 unspecified atom stereocenters. The first kappa shape index (κ1) is 12.4. The molecular weight excluding hydrogens is 190 g/mol. The molecule has 6 nitrogen and oxygen atoms in total. The smallest absolute Gasteiger partial charge is 0.320 e. The molecule has 0 saturated heterocycles. The van der Waals surface area contributed by atoms with Gasteiger partial charge in [0.2, 0.25) is 0 Å². The molecule has 0 rings (SSSR count). The van der Waals surface area contributed by atoms with Crippen molar-refractivity contribution >= 4 is 17.7 Å². The van der Waals surface area contributed by atoms with Gasteiger partial charge in [-0.3, -0.25) is 9.59 Å². The van der Waals surface area contributed by atoms with E-state index in [4.69, 9.17) is 5.21 Å². The van der Waals surface area contributed by atoms with E-state index < -0.39 is 17.9 Å². The zero-order valence-electron chi connectivity index (χ0n) is 8.31. The predicted molar refractivity (Wildman–Crippen MR) is 47.0 cm³/mol. The van der Waals surface area contributed by atoms with Crippen LogP contribution in [0.3, 0.4) is 0 Å². The number of hydrogen-bond acceptors (Lipinski definition) is 6. The van der Waals surface area contributed by atoms with Gasteiger partial charge in [0.15, 0.2) is 5.92 Å². The third-order valence-corrected chi connectivity index (χ3v) is 1.64. The maximum absolute atomic E-state index is 11.1. The molecule has 0 aromatic carbocycles. The summed E-state index contributed by atoms with van der Waals surface area (Å²) in [6.45, 7) is 1.48. The van der Waals surface area contributed by atoms with Gasteiger partial charge in [0, 0.05) is 6.42 Å². The van der Waals surface area contributed by atoms with E-state index in [1.807, 2.05) is 0 Å². The molecule has 0 radical (unpaired) electrons. The second-order valence-corrected chi connectivity index (χ2v) is 2.64. The lowest BCUT2D eigenvalue weighted by Gasteiger charge is -2.10. The molecule has 0 aromatic rings. The van der Waals surface area contributed by atoms with Crippen LogP contribution < -0.4 is 0 Å². The lowest BCUT2D eigenvalue weighted by Crippen LogP contribution is -2.28. The van der Waals surface area contributed by atoms with Gasteiger partial charge < -0.3 is 14.7 Å². The number of methoxy groups -OCH3 is 2. The Morgan fingerprint density at radius 3 is 2.00 bits per heavy atom. The van der Waals surface area contributed by atoms with Crippen LogP contribution in [-0.2, 0) is 19.1 Å². The number of hydrogen-bond donors (Lipinski definition) is 1. The van der Waals surface area contributed by atoms with Crippen molar-refractivity contribution < 1.29 is 24.3 Å². The summed E-state index contributed by atoms with van der Waals surface area (Å²) in [4.78, 5) is 22.2. The number of rotatable bonds is 4. The van der Waals surface area contributed by atoms with Crippen molar-refractivity contribution in [1.29, 1.82) is 0 Å². The van der Waals surface area contributed by atoms with Gasteiger partial charge in [0.05, 0.1) is 19.9 Å². The highest BCUT2D eigenvalue weighted by atomic mass is 16.5. The average Bonchev–Trinajstić information content (AvgIpc) is 2.23. The third kappa shape index (κ3) is 3.42. The SMILES string of the molecule is COC(=O)C(CC(C)=NO)C(=O)OC. The third-order valence-electron chi connectivity index (χ3n) is 1.64. The van der Waals surface area contributed by atoms with E-state index in [2.05, 4.69) is 14.6 Å². The molecule has 0 amide bonds. The van der Waals surface area contributed by atoms with E-state index in [1.54, 1.807) is 0 Å². The number of nitrogens with zero attached hydrogens (tertiary/aromatic N) is 1. The summed E-state index contributed by atoms with van der Waals surface area (Å²) in [5, 5.41) is 11.2. The van der Waals surface area contributed by atoms with E-state index in [1.165, 1.54) is 21.1 Å². The van der Waals surface area contributed by atoms with Crippen LogP contribution in [0.2, 0.25) is 0 Å². The van der Waals surface area contributed by atoms with Crippen molar-refractivity contribution in [3.05, 3.63) is 0 Å². The highest BCUT2D eigenvalue weighted by molar-refractivity contribution is 5.99. The number of carbonyl (C=O) groups excluding carboxylic acids is 2. The zero-order chi connectivity index (χ0) is 11.1. The molecule has 6 heteroatoms. The monoisotopic (exact) mass is 203 g/mol. The first-order valence-corrected chi connectivity index (χ1v) is 3.90. The van der Waals surface area contributed by atoms with Crippen molar-refractivity contribution in [3.8, 4) is 0 Å². The summed E-state index contributed by atoms with van der Waals surface area (Å²) in [6, 6.07) is 0. The lowest BCUT2D eigenvalue weighted by molar-refractivity contribution is -0.158. The second-order valence-electron chi connectivity index (χ2n) is 2.64. The van der Waals surface area contributed by atoms with E-state index in [0.717, 1.165) is 0 Å². The summed E-state index contributed by atoms with van der Waals surface area (Å²) >= 11 is 0. The molecule has 0 saturated carbocycles. The number of oxime groups is 1. The summed E-state index contributed by atoms with van der Waals surface area (Å²) in [6.07, 6.45) is -0.0180. The molecule has 14 heavy (non-hydrogen) atoms. The van der Waals surface area contributed by atoms with Crippen LogP contribution in [0.15, 0.2) is 5.16 Å². The van der Waals surface area contributed by atoms with Crippen molar-refractivity contribution in [3.63, 3.8) is 0 Å². The average molecular weight is 203 g/mol. The first-order chi connectivity index (χ1) is 6.56. The largest absolute Gasteiger partial charge is 0.468 e. The minimum Gasteiger partial charge on any atom is -0.468 e. The van der Waals surface area contributed by atoms with Crippen molar-refractivity contribution in [2.45, 2.75) is 13.3 Å². The molecule has 80 valence electrons. The Hall–Kier alpha value is -1.59. The van der Waals surface area contributed by atoms with Crippen LogP contribution in [0.1, 0.15) is 13.3 Å². The number of esters is 2. The predicted octanol–water partition coefficient (Wildman–Crippen LogP) is 0.189. The maximum Gasteiger partial charge on any atom is 0.320 e. The van der Waals surface area contributed by atoms with Gasteiger partial charge in [-0.15, -0.1) is 0 Å². The molecule has 0 spiro atoms. The topological polar surface area (TPSA) is 85.2 Å². The Kier molecular flexibility index (Phi) is 5.28. The van der Waals surface area contributed by atoms with Crippen LogP contribution in [0.25, 0.3) is 0 Å². The molecular formula is C8H13NO5. The Balaban J connectivity index is 4.56. The molecule has 1 N–H and O–H groups in total. The maximum atomic E-state index is 11.1. The van der Waals surface area contributed by atoms with Gasteiger partial charge >= 0.3 is 11.9 Å². The van der Waals surface area contributed by atoms with Crippen LogP contribution >= 0.6 is 0 Å². The van der Waals surface area contributed by atoms with Gasteiger partial charge in [-0.2, -0.15) is 0 Å². The van der Waals surface area contributed by atoms with Gasteiger partial charge in [0.25, 0.3) is 0 Å². The van der Waals surface area contributed by atoms with Crippen molar-refractivity contribution in [2.24, 2.45) is 11.1 Å². The minimum absolute atomic E-state index is 0.0180. The van der Waals surface area contributed by atoms with Crippen molar-refractivity contribution in [2.75, 3.05) is 14.2 Å². The molecule has 0 atom stereocenters. The number of ether oxygens (including phenoxy) is 2. The fourth-order valence-electron chi connectivity index (χ4n) is 0.884. The molecule has 0 bridgehead atoms. The highest BCUT2D eigenvalue weighted by Gasteiger charge is 2.29. The lowest BCUT2D eigenvalue weighted by atomic mass is 10.0. The van der Waals surface area contributed by atoms with Crippen LogP contribution in [0, 0.1) is 5.92 Å². The van der Waals surface area contributed by atoms with Crippen LogP contribution in [-0.4, -0.2) is 37.1 Å². The molecule has 0 aliphatic carbocycles. The summed E-state index contributed by atoms with van der Waals surface area (Å²) in [5.41, 5.74) is 0.255. The highest BCUT2D eigenvalue weighted by Crippen LogP contribution is 2.09. The molecule has 0 aliphatic rings. The Bertz CT molecular complexity index is 232. The zero-order valence-corrected chi connectivity index (χ0v) is 8.31. The van der Waals surface area contributed by atoms with Crippen LogP contribution in [0.5, 0.6) is 0 Å². The quantitative estimate of drug-likeness (QED) is 0.232. The van der Waals surface area contributed by atoms with Gasteiger partial charge in [-0.25, -0.2) is 0 Å². The molecule has 0 heterocycles. The van der Waals surface area contributed by atoms with Crippen molar-refractivity contribution in [1.82, 2.24) is 0 Å². The van der Waals surface area contributed by atoms with Crippen LogP contribution in [0.4, 0.5) is 0 Å². The fourth-order valence-corrected chi connectivity index (χ4v) is 0.884. The first-order valence-electron chi connectivity index (χ1n) is 3.90. The standard InChI is InChI=1S/C8H13NO5/c1-5(9-12)4-6(7(10)13-2)8(11)14-3/h6,12H,4H2,1-3H3. The van der Waals surface area contributed by atoms with Gasteiger partial charge in [0.1, 0.15) is 0 Å². The Morgan fingerprint density at radius 1 is 1.29 bits per heavy atom. The van der Waals surface area contributed by atoms with E-state index >= 15 is 0 Å². The van der Waals surface area contributed by atoms with E-state index in [-0.39, 0.29) is 12.1 Å². The normalized spacial score (nSPS) is 11.3. The van der Waals surface area contributed by atoms with E-state index in [0.29, 0.717) is 0 Å². The summed E-state index contributed by atoms with van der Waals surface area (Å²) < 4.78 is 8.81.